The molecule has 0 fully saturated rings. The minimum absolute atomic E-state index is 0.109. The van der Waals surface area contributed by atoms with Crippen LogP contribution in [0, 0.1) is 0 Å². The Hall–Kier alpha value is -1.10. The van der Waals surface area contributed by atoms with Gasteiger partial charge in [0.25, 0.3) is 0 Å². The second-order valence-corrected chi connectivity index (χ2v) is 6.72. The van der Waals surface area contributed by atoms with Crippen molar-refractivity contribution in [2.24, 2.45) is 5.73 Å². The third-order valence-electron chi connectivity index (χ3n) is 3.68. The fourth-order valence-corrected chi connectivity index (χ4v) is 3.88. The molecule has 0 bridgehead atoms. The summed E-state index contributed by atoms with van der Waals surface area (Å²) in [6.07, 6.45) is 3.33. The summed E-state index contributed by atoms with van der Waals surface area (Å²) in [4.78, 5) is 8.24. The van der Waals surface area contributed by atoms with E-state index in [1.165, 1.54) is 11.3 Å². The highest BCUT2D eigenvalue weighted by atomic mass is 35.5. The molecule has 0 saturated carbocycles. The molecule has 0 aliphatic heterocycles. The molecule has 1 unspecified atom stereocenters. The minimum Gasteiger partial charge on any atom is -0.347 e. The molecule has 2 N–H and O–H groups in total. The first-order chi connectivity index (χ1) is 9.65. The summed E-state index contributed by atoms with van der Waals surface area (Å²) in [5.41, 5.74) is 8.36. The van der Waals surface area contributed by atoms with E-state index in [1.807, 2.05) is 18.2 Å². The predicted molar refractivity (Wildman–Crippen MR) is 85.5 cm³/mol. The van der Waals surface area contributed by atoms with Gasteiger partial charge in [0.2, 0.25) is 0 Å². The van der Waals surface area contributed by atoms with E-state index in [0.29, 0.717) is 0 Å². The van der Waals surface area contributed by atoms with E-state index in [-0.39, 0.29) is 6.04 Å². The molecular formula is C15H18ClN3S. The average Bonchev–Trinajstić information content (AvgIpc) is 2.87. The molecule has 1 atom stereocenters. The molecule has 0 radical (unpaired) electrons. The topological polar surface area (TPSA) is 42.2 Å². The Morgan fingerprint density at radius 2 is 2.25 bits per heavy atom. The second-order valence-electron chi connectivity index (χ2n) is 5.25. The zero-order valence-electron chi connectivity index (χ0n) is 11.5. The SMILES string of the molecule is CN(Cc1ccccc1Cl)c1nc2c(s1)CCCC2N. The van der Waals surface area contributed by atoms with E-state index in [4.69, 9.17) is 22.3 Å². The van der Waals surface area contributed by atoms with Crippen molar-refractivity contribution in [1.29, 1.82) is 0 Å². The van der Waals surface area contributed by atoms with Crippen LogP contribution in [0.5, 0.6) is 0 Å². The molecule has 0 saturated heterocycles. The molecule has 2 aromatic rings. The number of hydrogen-bond donors (Lipinski definition) is 1. The van der Waals surface area contributed by atoms with Crippen molar-refractivity contribution in [3.05, 3.63) is 45.4 Å². The first-order valence-electron chi connectivity index (χ1n) is 6.85. The molecule has 20 heavy (non-hydrogen) atoms. The van der Waals surface area contributed by atoms with Gasteiger partial charge in [-0.05, 0) is 30.9 Å². The highest BCUT2D eigenvalue weighted by molar-refractivity contribution is 7.15. The molecule has 106 valence electrons. The van der Waals surface area contributed by atoms with Gasteiger partial charge in [0.05, 0.1) is 5.69 Å². The number of hydrogen-bond acceptors (Lipinski definition) is 4. The molecule has 1 aromatic carbocycles. The van der Waals surface area contributed by atoms with E-state index in [2.05, 4.69) is 18.0 Å². The van der Waals surface area contributed by atoms with Crippen molar-refractivity contribution in [3.8, 4) is 0 Å². The third-order valence-corrected chi connectivity index (χ3v) is 5.29. The van der Waals surface area contributed by atoms with Crippen LogP contribution in [-0.4, -0.2) is 12.0 Å². The number of aromatic nitrogens is 1. The maximum atomic E-state index is 6.22. The van der Waals surface area contributed by atoms with Gasteiger partial charge in [-0.1, -0.05) is 29.8 Å². The first-order valence-corrected chi connectivity index (χ1v) is 8.04. The van der Waals surface area contributed by atoms with Gasteiger partial charge >= 0.3 is 0 Å². The fourth-order valence-electron chi connectivity index (χ4n) is 2.55. The molecule has 1 aromatic heterocycles. The van der Waals surface area contributed by atoms with Crippen LogP contribution < -0.4 is 10.6 Å². The van der Waals surface area contributed by atoms with Crippen LogP contribution in [0.15, 0.2) is 24.3 Å². The van der Waals surface area contributed by atoms with Gasteiger partial charge in [0.15, 0.2) is 5.13 Å². The Morgan fingerprint density at radius 1 is 1.45 bits per heavy atom. The number of fused-ring (bicyclic) bond motifs is 1. The van der Waals surface area contributed by atoms with Gasteiger partial charge in [-0.15, -0.1) is 11.3 Å². The lowest BCUT2D eigenvalue weighted by atomic mass is 9.99. The largest absolute Gasteiger partial charge is 0.347 e. The summed E-state index contributed by atoms with van der Waals surface area (Å²) in [5, 5.41) is 1.84. The molecule has 1 aliphatic carbocycles. The van der Waals surface area contributed by atoms with E-state index < -0.39 is 0 Å². The summed E-state index contributed by atoms with van der Waals surface area (Å²) in [7, 11) is 2.05. The number of nitrogens with zero attached hydrogens (tertiary/aromatic N) is 2. The van der Waals surface area contributed by atoms with Crippen molar-refractivity contribution >= 4 is 28.1 Å². The van der Waals surface area contributed by atoms with Crippen molar-refractivity contribution in [3.63, 3.8) is 0 Å². The standard InChI is InChI=1S/C15H18ClN3S/c1-19(9-10-5-2-3-6-11(10)16)15-18-14-12(17)7-4-8-13(14)20-15/h2-3,5-6,12H,4,7-9,17H2,1H3. The van der Waals surface area contributed by atoms with E-state index in [1.54, 1.807) is 11.3 Å². The van der Waals surface area contributed by atoms with Gasteiger partial charge in [-0.2, -0.15) is 0 Å². The predicted octanol–water partition coefficient (Wildman–Crippen LogP) is 3.77. The van der Waals surface area contributed by atoms with Crippen molar-refractivity contribution in [2.45, 2.75) is 31.8 Å². The number of aryl methyl sites for hydroxylation is 1. The molecule has 0 amide bonds. The number of nitrogens with two attached hydrogens (primary N) is 1. The van der Waals surface area contributed by atoms with Crippen molar-refractivity contribution in [1.82, 2.24) is 4.98 Å². The number of rotatable bonds is 3. The summed E-state index contributed by atoms with van der Waals surface area (Å²) in [6, 6.07) is 8.05. The Bertz CT molecular complexity index is 611. The monoisotopic (exact) mass is 307 g/mol. The summed E-state index contributed by atoms with van der Waals surface area (Å²) in [5.74, 6) is 0. The van der Waals surface area contributed by atoms with Gasteiger partial charge in [-0.3, -0.25) is 0 Å². The Morgan fingerprint density at radius 3 is 3.00 bits per heavy atom. The number of thiazole rings is 1. The van der Waals surface area contributed by atoms with Crippen LogP contribution in [0.1, 0.15) is 35.0 Å². The van der Waals surface area contributed by atoms with Crippen LogP contribution in [0.4, 0.5) is 5.13 Å². The van der Waals surface area contributed by atoms with Gasteiger partial charge in [0, 0.05) is 29.5 Å². The first kappa shape index (κ1) is 13.9. The lowest BCUT2D eigenvalue weighted by Crippen LogP contribution is -2.18. The van der Waals surface area contributed by atoms with Gasteiger partial charge in [0.1, 0.15) is 0 Å². The average molecular weight is 308 g/mol. The number of anilines is 1. The van der Waals surface area contributed by atoms with Crippen molar-refractivity contribution in [2.75, 3.05) is 11.9 Å². The lowest BCUT2D eigenvalue weighted by molar-refractivity contribution is 0.563. The molecule has 1 heterocycles. The van der Waals surface area contributed by atoms with Gasteiger partial charge < -0.3 is 10.6 Å². The van der Waals surface area contributed by atoms with E-state index >= 15 is 0 Å². The van der Waals surface area contributed by atoms with Gasteiger partial charge in [-0.25, -0.2) is 4.98 Å². The van der Waals surface area contributed by atoms with E-state index in [9.17, 15) is 0 Å². The van der Waals surface area contributed by atoms with Crippen LogP contribution in [0.2, 0.25) is 5.02 Å². The molecule has 1 aliphatic rings. The maximum absolute atomic E-state index is 6.22. The quantitative estimate of drug-likeness (QED) is 0.938. The van der Waals surface area contributed by atoms with Crippen LogP contribution in [0.25, 0.3) is 0 Å². The lowest BCUT2D eigenvalue weighted by Gasteiger charge is -2.17. The maximum Gasteiger partial charge on any atom is 0.185 e. The summed E-state index contributed by atoms with van der Waals surface area (Å²) >= 11 is 7.98. The summed E-state index contributed by atoms with van der Waals surface area (Å²) in [6.45, 7) is 0.765. The van der Waals surface area contributed by atoms with Crippen molar-refractivity contribution < 1.29 is 0 Å². The highest BCUT2D eigenvalue weighted by Gasteiger charge is 2.23. The van der Waals surface area contributed by atoms with Crippen LogP contribution in [-0.2, 0) is 13.0 Å². The van der Waals surface area contributed by atoms with E-state index in [0.717, 1.165) is 40.8 Å². The smallest absolute Gasteiger partial charge is 0.185 e. The highest BCUT2D eigenvalue weighted by Crippen LogP contribution is 2.35. The Kier molecular flexibility index (Phi) is 3.96. The second kappa shape index (κ2) is 5.72. The molecule has 3 nitrogen and oxygen atoms in total. The Labute approximate surface area is 128 Å². The minimum atomic E-state index is 0.109. The fraction of sp³-hybridized carbons (Fsp3) is 0.400. The van der Waals surface area contributed by atoms with Crippen LogP contribution >= 0.6 is 22.9 Å². The number of halogens is 1. The Balaban J connectivity index is 1.81. The van der Waals surface area contributed by atoms with Crippen LogP contribution in [0.3, 0.4) is 0 Å². The normalized spacial score (nSPS) is 17.9. The third kappa shape index (κ3) is 2.68. The molecule has 3 rings (SSSR count). The molecular weight excluding hydrogens is 290 g/mol. The summed E-state index contributed by atoms with van der Waals surface area (Å²) < 4.78 is 0. The zero-order chi connectivity index (χ0) is 14.1. The molecule has 5 heteroatoms. The molecule has 0 spiro atoms. The number of benzene rings is 1. The zero-order valence-corrected chi connectivity index (χ0v) is 13.0.